The Morgan fingerprint density at radius 1 is 1.14 bits per heavy atom. The minimum absolute atomic E-state index is 0.782. The van der Waals surface area contributed by atoms with Crippen LogP contribution < -0.4 is 19.5 Å². The van der Waals surface area contributed by atoms with Crippen LogP contribution in [0.1, 0.15) is 6.92 Å². The zero-order chi connectivity index (χ0) is 20.2. The molecule has 1 aromatic carbocycles. The number of ether oxygens (including phenoxy) is 1. The summed E-state index contributed by atoms with van der Waals surface area (Å²) >= 11 is 5.74. The van der Waals surface area contributed by atoms with Gasteiger partial charge in [-0.2, -0.15) is 4.68 Å². The molecule has 7 nitrogen and oxygen atoms in total. The summed E-state index contributed by atoms with van der Waals surface area (Å²) in [6.07, 6.45) is 1.98. The minimum Gasteiger partial charge on any atom is -0.497 e. The van der Waals surface area contributed by atoms with Gasteiger partial charge in [-0.15, -0.1) is 5.10 Å². The van der Waals surface area contributed by atoms with E-state index >= 15 is 0 Å². The Balaban J connectivity index is 1.48. The summed E-state index contributed by atoms with van der Waals surface area (Å²) in [4.78, 5) is 7.22. The Bertz CT molecular complexity index is 990. The molecule has 152 valence electrons. The van der Waals surface area contributed by atoms with Crippen LogP contribution in [0.15, 0.2) is 48.7 Å². The van der Waals surface area contributed by atoms with Crippen molar-refractivity contribution in [3.63, 3.8) is 0 Å². The molecular weight excluding hydrogens is 384 g/mol. The van der Waals surface area contributed by atoms with E-state index in [1.54, 1.807) is 7.11 Å². The van der Waals surface area contributed by atoms with Crippen LogP contribution in [-0.2, 0) is 13.2 Å². The Hall–Kier alpha value is -2.71. The van der Waals surface area contributed by atoms with Crippen molar-refractivity contribution < 1.29 is 14.6 Å². The van der Waals surface area contributed by atoms with Gasteiger partial charge in [0, 0.05) is 18.2 Å². The summed E-state index contributed by atoms with van der Waals surface area (Å²) in [6.45, 7) is 7.85. The van der Waals surface area contributed by atoms with Crippen molar-refractivity contribution in [1.29, 1.82) is 0 Å². The number of methoxy groups -OCH3 is 1. The number of anilines is 1. The summed E-state index contributed by atoms with van der Waals surface area (Å²) in [7, 11) is 1.68. The monoisotopic (exact) mass is 412 g/mol. The first kappa shape index (κ1) is 19.6. The largest absolute Gasteiger partial charge is 0.497 e. The number of piperazine rings is 1. The van der Waals surface area contributed by atoms with Crippen LogP contribution in [-0.4, -0.2) is 47.6 Å². The highest BCUT2D eigenvalue weighted by Crippen LogP contribution is 2.21. The SMILES string of the molecule is CCn1c(-c2ccc(OC)cc2)nn(C[NH+]2CCN(c3cccc[nH+]3)CC2)c1=S. The number of benzene rings is 1. The van der Waals surface area contributed by atoms with E-state index in [2.05, 4.69) is 33.5 Å². The highest BCUT2D eigenvalue weighted by Gasteiger charge is 2.26. The first-order chi connectivity index (χ1) is 14.2. The number of pyridine rings is 1. The summed E-state index contributed by atoms with van der Waals surface area (Å²) < 4.78 is 10.1. The number of H-pyrrole nitrogens is 1. The van der Waals surface area contributed by atoms with Gasteiger partial charge in [0.05, 0.1) is 13.3 Å². The maximum atomic E-state index is 5.74. The molecule has 1 saturated heterocycles. The second-order valence-electron chi connectivity index (χ2n) is 7.22. The zero-order valence-electron chi connectivity index (χ0n) is 17.0. The van der Waals surface area contributed by atoms with Crippen LogP contribution in [0.2, 0.25) is 0 Å². The van der Waals surface area contributed by atoms with E-state index in [1.165, 1.54) is 10.7 Å². The lowest BCUT2D eigenvalue weighted by Crippen LogP contribution is -3.14. The molecule has 0 aliphatic carbocycles. The average Bonchev–Trinajstić information content (AvgIpc) is 3.10. The van der Waals surface area contributed by atoms with Gasteiger partial charge in [0.15, 0.2) is 12.5 Å². The van der Waals surface area contributed by atoms with Gasteiger partial charge in [-0.25, -0.2) is 4.98 Å². The van der Waals surface area contributed by atoms with Gasteiger partial charge in [0.2, 0.25) is 4.77 Å². The average molecular weight is 413 g/mol. The van der Waals surface area contributed by atoms with Gasteiger partial charge < -0.3 is 14.2 Å². The molecule has 0 atom stereocenters. The Morgan fingerprint density at radius 2 is 1.90 bits per heavy atom. The van der Waals surface area contributed by atoms with Gasteiger partial charge >= 0.3 is 0 Å². The molecule has 4 rings (SSSR count). The summed E-state index contributed by atoms with van der Waals surface area (Å²) in [5.41, 5.74) is 1.05. The molecule has 0 spiro atoms. The summed E-state index contributed by atoms with van der Waals surface area (Å²) in [5, 5.41) is 4.87. The molecule has 29 heavy (non-hydrogen) atoms. The van der Waals surface area contributed by atoms with E-state index in [-0.39, 0.29) is 0 Å². The van der Waals surface area contributed by atoms with E-state index < -0.39 is 0 Å². The predicted octanol–water partition coefficient (Wildman–Crippen LogP) is 1.29. The van der Waals surface area contributed by atoms with Gasteiger partial charge in [0.1, 0.15) is 31.9 Å². The quantitative estimate of drug-likeness (QED) is 0.620. The minimum atomic E-state index is 0.782. The number of hydrogen-bond donors (Lipinski definition) is 1. The molecule has 3 heterocycles. The smallest absolute Gasteiger partial charge is 0.274 e. The third kappa shape index (κ3) is 4.18. The van der Waals surface area contributed by atoms with E-state index in [4.69, 9.17) is 22.1 Å². The lowest BCUT2D eigenvalue weighted by Gasteiger charge is -2.27. The molecule has 1 aliphatic rings. The van der Waals surface area contributed by atoms with Crippen molar-refractivity contribution in [2.45, 2.75) is 20.1 Å². The van der Waals surface area contributed by atoms with Gasteiger partial charge in [-0.05, 0) is 49.5 Å². The van der Waals surface area contributed by atoms with Crippen molar-refractivity contribution in [1.82, 2.24) is 14.3 Å². The van der Waals surface area contributed by atoms with Crippen LogP contribution in [0.4, 0.5) is 5.82 Å². The van der Waals surface area contributed by atoms with Crippen LogP contribution in [0.25, 0.3) is 11.4 Å². The number of hydrogen-bond acceptors (Lipinski definition) is 4. The maximum Gasteiger partial charge on any atom is 0.274 e. The number of quaternary nitrogens is 1. The molecule has 0 saturated carbocycles. The fourth-order valence-electron chi connectivity index (χ4n) is 3.80. The second-order valence-corrected chi connectivity index (χ2v) is 7.59. The predicted molar refractivity (Wildman–Crippen MR) is 115 cm³/mol. The molecule has 1 aliphatic heterocycles. The first-order valence-electron chi connectivity index (χ1n) is 10.1. The molecule has 0 unspecified atom stereocenters. The zero-order valence-corrected chi connectivity index (χ0v) is 17.8. The number of aromatic nitrogens is 4. The molecule has 2 N–H and O–H groups in total. The van der Waals surface area contributed by atoms with Gasteiger partial charge in [-0.3, -0.25) is 4.90 Å². The molecular formula is C21H28N6OS+2. The number of nitrogens with one attached hydrogen (secondary N) is 2. The molecule has 0 amide bonds. The Labute approximate surface area is 176 Å². The van der Waals surface area contributed by atoms with Crippen molar-refractivity contribution >= 4 is 18.0 Å². The highest BCUT2D eigenvalue weighted by atomic mass is 32.1. The summed E-state index contributed by atoms with van der Waals surface area (Å²) in [5.74, 6) is 2.94. The van der Waals surface area contributed by atoms with Crippen molar-refractivity contribution in [3.05, 3.63) is 53.4 Å². The molecule has 2 aromatic heterocycles. The molecule has 0 bridgehead atoms. The van der Waals surface area contributed by atoms with Crippen LogP contribution in [0, 0.1) is 4.77 Å². The van der Waals surface area contributed by atoms with Crippen LogP contribution in [0.3, 0.4) is 0 Å². The fraction of sp³-hybridized carbons (Fsp3) is 0.381. The Morgan fingerprint density at radius 3 is 2.52 bits per heavy atom. The molecule has 8 heteroatoms. The standard InChI is InChI=1S/C21H26N6OS/c1-3-26-20(17-7-9-18(28-2)10-8-17)23-27(21(26)29)16-24-12-14-25(15-13-24)19-6-4-5-11-22-19/h4-11H,3,12-16H2,1-2H3/p+2. The van der Waals surface area contributed by atoms with Crippen LogP contribution in [0.5, 0.6) is 5.75 Å². The lowest BCUT2D eigenvalue weighted by molar-refractivity contribution is -0.924. The van der Waals surface area contributed by atoms with E-state index in [0.29, 0.717) is 0 Å². The molecule has 1 fully saturated rings. The first-order valence-corrected chi connectivity index (χ1v) is 10.5. The van der Waals surface area contributed by atoms with E-state index in [1.807, 2.05) is 41.2 Å². The van der Waals surface area contributed by atoms with E-state index in [9.17, 15) is 0 Å². The third-order valence-corrected chi connectivity index (χ3v) is 5.90. The number of aromatic amines is 1. The van der Waals surface area contributed by atoms with Crippen molar-refractivity contribution in [3.8, 4) is 17.1 Å². The second kappa shape index (κ2) is 8.75. The fourth-order valence-corrected chi connectivity index (χ4v) is 4.12. The molecule has 0 radical (unpaired) electrons. The highest BCUT2D eigenvalue weighted by molar-refractivity contribution is 7.71. The lowest BCUT2D eigenvalue weighted by atomic mass is 10.2. The van der Waals surface area contributed by atoms with Gasteiger partial charge in [-0.1, -0.05) is 6.07 Å². The van der Waals surface area contributed by atoms with Gasteiger partial charge in [0.25, 0.3) is 5.82 Å². The Kier molecular flexibility index (Phi) is 5.92. The molecule has 3 aromatic rings. The topological polar surface area (TPSA) is 53.8 Å². The van der Waals surface area contributed by atoms with Crippen LogP contribution >= 0.6 is 12.2 Å². The normalized spacial score (nSPS) is 14.9. The number of nitrogens with zero attached hydrogens (tertiary/aromatic N) is 4. The van der Waals surface area contributed by atoms with Crippen molar-refractivity contribution in [2.24, 2.45) is 0 Å². The van der Waals surface area contributed by atoms with E-state index in [0.717, 1.165) is 61.3 Å². The summed E-state index contributed by atoms with van der Waals surface area (Å²) in [6, 6.07) is 14.2. The number of rotatable bonds is 6. The third-order valence-electron chi connectivity index (χ3n) is 5.46. The van der Waals surface area contributed by atoms with Crippen molar-refractivity contribution in [2.75, 3.05) is 38.2 Å². The maximum absolute atomic E-state index is 5.74.